The van der Waals surface area contributed by atoms with E-state index in [-0.39, 0.29) is 0 Å². The Morgan fingerprint density at radius 1 is 0.880 bits per heavy atom. The maximum Gasteiger partial charge on any atom is 0.171 e. The number of para-hydroxylation sites is 1. The highest BCUT2D eigenvalue weighted by atomic mass is 35.5. The molecule has 5 heteroatoms. The average Bonchev–Trinajstić information content (AvgIpc) is 2.64. The fourth-order valence-electron chi connectivity index (χ4n) is 2.21. The standard InChI is InChI=1S/C20H17ClN2OS/c21-18-8-4-5-9-19(18)24-17-12-10-16(11-13-17)23-20(25)22-14-15-6-2-1-3-7-15/h1-13H,14H2,(H2,22,23,25). The summed E-state index contributed by atoms with van der Waals surface area (Å²) in [5.74, 6) is 1.34. The normalized spacial score (nSPS) is 10.1. The van der Waals surface area contributed by atoms with Crippen molar-refractivity contribution in [3.05, 3.63) is 89.4 Å². The Bertz CT molecular complexity index is 838. The molecule has 3 rings (SSSR count). The molecule has 0 bridgehead atoms. The highest BCUT2D eigenvalue weighted by molar-refractivity contribution is 7.80. The number of anilines is 1. The van der Waals surface area contributed by atoms with Gasteiger partial charge in [-0.2, -0.15) is 0 Å². The molecule has 0 aliphatic heterocycles. The quantitative estimate of drug-likeness (QED) is 0.573. The molecule has 2 N–H and O–H groups in total. The summed E-state index contributed by atoms with van der Waals surface area (Å²) in [5, 5.41) is 7.49. The smallest absolute Gasteiger partial charge is 0.171 e. The van der Waals surface area contributed by atoms with E-state index in [9.17, 15) is 0 Å². The number of rotatable bonds is 5. The lowest BCUT2D eigenvalue weighted by Gasteiger charge is -2.12. The van der Waals surface area contributed by atoms with Gasteiger partial charge in [0.05, 0.1) is 5.02 Å². The number of nitrogens with one attached hydrogen (secondary N) is 2. The molecule has 0 saturated carbocycles. The van der Waals surface area contributed by atoms with Gasteiger partial charge in [0.25, 0.3) is 0 Å². The molecule has 0 radical (unpaired) electrons. The molecule has 3 nitrogen and oxygen atoms in total. The van der Waals surface area contributed by atoms with Crippen LogP contribution in [-0.4, -0.2) is 5.11 Å². The van der Waals surface area contributed by atoms with Crippen LogP contribution in [0.15, 0.2) is 78.9 Å². The molecular weight excluding hydrogens is 352 g/mol. The molecule has 126 valence electrons. The van der Waals surface area contributed by atoms with Gasteiger partial charge in [-0.15, -0.1) is 0 Å². The van der Waals surface area contributed by atoms with Crippen molar-refractivity contribution < 1.29 is 4.74 Å². The molecule has 3 aromatic rings. The van der Waals surface area contributed by atoms with E-state index in [1.807, 2.05) is 60.7 Å². The van der Waals surface area contributed by atoms with Gasteiger partial charge in [-0.25, -0.2) is 0 Å². The van der Waals surface area contributed by atoms with Gasteiger partial charge in [-0.3, -0.25) is 0 Å². The summed E-state index contributed by atoms with van der Waals surface area (Å²) in [6, 6.07) is 25.0. The van der Waals surface area contributed by atoms with Crippen LogP contribution >= 0.6 is 23.8 Å². The van der Waals surface area contributed by atoms with Crippen molar-refractivity contribution >= 4 is 34.6 Å². The summed E-state index contributed by atoms with van der Waals surface area (Å²) >= 11 is 11.4. The van der Waals surface area contributed by atoms with E-state index in [2.05, 4.69) is 22.8 Å². The van der Waals surface area contributed by atoms with Crippen molar-refractivity contribution in [2.75, 3.05) is 5.32 Å². The molecule has 0 saturated heterocycles. The van der Waals surface area contributed by atoms with Gasteiger partial charge in [0.1, 0.15) is 11.5 Å². The van der Waals surface area contributed by atoms with Crippen molar-refractivity contribution in [2.45, 2.75) is 6.54 Å². The van der Waals surface area contributed by atoms with Crippen LogP contribution in [0.3, 0.4) is 0 Å². The van der Waals surface area contributed by atoms with Crippen LogP contribution in [0.5, 0.6) is 11.5 Å². The topological polar surface area (TPSA) is 33.3 Å². The third kappa shape index (κ3) is 5.21. The van der Waals surface area contributed by atoms with Gasteiger partial charge in [0, 0.05) is 12.2 Å². The largest absolute Gasteiger partial charge is 0.456 e. The lowest BCUT2D eigenvalue weighted by atomic mass is 10.2. The third-order valence-electron chi connectivity index (χ3n) is 3.47. The molecule has 0 spiro atoms. The Balaban J connectivity index is 1.53. The summed E-state index contributed by atoms with van der Waals surface area (Å²) in [7, 11) is 0. The summed E-state index contributed by atoms with van der Waals surface area (Å²) < 4.78 is 5.77. The van der Waals surface area contributed by atoms with Crippen molar-refractivity contribution in [2.24, 2.45) is 0 Å². The SMILES string of the molecule is S=C(NCc1ccccc1)Nc1ccc(Oc2ccccc2Cl)cc1. The molecule has 0 aliphatic rings. The summed E-state index contributed by atoms with van der Waals surface area (Å²) in [6.07, 6.45) is 0. The Labute approximate surface area is 157 Å². The molecule has 3 aromatic carbocycles. The van der Waals surface area contributed by atoms with Gasteiger partial charge in [-0.1, -0.05) is 54.1 Å². The first-order valence-corrected chi connectivity index (χ1v) is 8.60. The zero-order valence-electron chi connectivity index (χ0n) is 13.4. The lowest BCUT2D eigenvalue weighted by molar-refractivity contribution is 0.483. The first kappa shape index (κ1) is 17.3. The van der Waals surface area contributed by atoms with Gasteiger partial charge in [-0.05, 0) is 54.2 Å². The van der Waals surface area contributed by atoms with Crippen LogP contribution in [0.2, 0.25) is 5.02 Å². The zero-order valence-corrected chi connectivity index (χ0v) is 15.0. The van der Waals surface area contributed by atoms with E-state index in [0.29, 0.717) is 28.2 Å². The van der Waals surface area contributed by atoms with Crippen LogP contribution in [0.1, 0.15) is 5.56 Å². The van der Waals surface area contributed by atoms with Gasteiger partial charge in [0.15, 0.2) is 5.11 Å². The molecule has 0 aliphatic carbocycles. The van der Waals surface area contributed by atoms with E-state index >= 15 is 0 Å². The van der Waals surface area contributed by atoms with E-state index in [0.717, 1.165) is 5.69 Å². The minimum Gasteiger partial charge on any atom is -0.456 e. The highest BCUT2D eigenvalue weighted by Gasteiger charge is 2.03. The van der Waals surface area contributed by atoms with E-state index in [1.165, 1.54) is 5.56 Å². The first-order valence-electron chi connectivity index (χ1n) is 7.82. The van der Waals surface area contributed by atoms with Gasteiger partial charge in [0.2, 0.25) is 0 Å². The molecular formula is C20H17ClN2OS. The van der Waals surface area contributed by atoms with E-state index < -0.39 is 0 Å². The number of hydrogen-bond donors (Lipinski definition) is 2. The van der Waals surface area contributed by atoms with E-state index in [4.69, 9.17) is 28.6 Å². The minimum absolute atomic E-state index is 0.573. The minimum atomic E-state index is 0.573. The number of halogens is 1. The fraction of sp³-hybridized carbons (Fsp3) is 0.0500. The maximum absolute atomic E-state index is 6.10. The molecule has 0 aromatic heterocycles. The maximum atomic E-state index is 6.10. The summed E-state index contributed by atoms with van der Waals surface area (Å²) in [4.78, 5) is 0. The zero-order chi connectivity index (χ0) is 17.5. The van der Waals surface area contributed by atoms with E-state index in [1.54, 1.807) is 6.07 Å². The van der Waals surface area contributed by atoms with Crippen molar-refractivity contribution in [1.82, 2.24) is 5.32 Å². The number of ether oxygens (including phenoxy) is 1. The summed E-state index contributed by atoms with van der Waals surface area (Å²) in [6.45, 7) is 0.681. The van der Waals surface area contributed by atoms with Crippen molar-refractivity contribution in [3.63, 3.8) is 0 Å². The third-order valence-corrected chi connectivity index (χ3v) is 4.03. The van der Waals surface area contributed by atoms with Gasteiger partial charge >= 0.3 is 0 Å². The second-order valence-corrected chi connectivity index (χ2v) is 6.17. The molecule has 0 unspecified atom stereocenters. The van der Waals surface area contributed by atoms with Crippen LogP contribution in [0.4, 0.5) is 5.69 Å². The summed E-state index contributed by atoms with van der Waals surface area (Å²) in [5.41, 5.74) is 2.06. The average molecular weight is 369 g/mol. The molecule has 0 fully saturated rings. The molecule has 0 heterocycles. The second-order valence-electron chi connectivity index (χ2n) is 5.35. The highest BCUT2D eigenvalue weighted by Crippen LogP contribution is 2.29. The van der Waals surface area contributed by atoms with Crippen molar-refractivity contribution in [1.29, 1.82) is 0 Å². The van der Waals surface area contributed by atoms with Gasteiger partial charge < -0.3 is 15.4 Å². The number of hydrogen-bond acceptors (Lipinski definition) is 2. The lowest BCUT2D eigenvalue weighted by Crippen LogP contribution is -2.27. The second kappa shape index (κ2) is 8.51. The monoisotopic (exact) mass is 368 g/mol. The Hall–Kier alpha value is -2.56. The Morgan fingerprint density at radius 3 is 2.28 bits per heavy atom. The molecule has 0 amide bonds. The first-order chi connectivity index (χ1) is 12.2. The van der Waals surface area contributed by atoms with Crippen molar-refractivity contribution in [3.8, 4) is 11.5 Å². The fourth-order valence-corrected chi connectivity index (χ4v) is 2.58. The molecule has 25 heavy (non-hydrogen) atoms. The Morgan fingerprint density at radius 2 is 1.56 bits per heavy atom. The predicted molar refractivity (Wildman–Crippen MR) is 107 cm³/mol. The number of benzene rings is 3. The van der Waals surface area contributed by atoms with Crippen LogP contribution in [-0.2, 0) is 6.54 Å². The van der Waals surface area contributed by atoms with Crippen LogP contribution in [0.25, 0.3) is 0 Å². The Kier molecular flexibility index (Phi) is 5.88. The predicted octanol–water partition coefficient (Wildman–Crippen LogP) is 5.62. The van der Waals surface area contributed by atoms with Crippen LogP contribution < -0.4 is 15.4 Å². The van der Waals surface area contributed by atoms with Crippen LogP contribution in [0, 0.1) is 0 Å². The number of thiocarbonyl (C=S) groups is 1. The molecule has 0 atom stereocenters.